The number of hydrogen-bond acceptors (Lipinski definition) is 6. The maximum atomic E-state index is 5.70. The van der Waals surface area contributed by atoms with Gasteiger partial charge in [0.2, 0.25) is 5.75 Å². The molecule has 0 fully saturated rings. The number of alkyl halides is 1. The van der Waals surface area contributed by atoms with Gasteiger partial charge in [-0.15, -0.1) is 21.8 Å². The summed E-state index contributed by atoms with van der Waals surface area (Å²) in [7, 11) is 4.76. The molecular formula is C14H17ClN2O3S. The van der Waals surface area contributed by atoms with Gasteiger partial charge in [0.15, 0.2) is 16.5 Å². The normalized spacial score (nSPS) is 10.5. The van der Waals surface area contributed by atoms with Crippen LogP contribution in [0.2, 0.25) is 0 Å². The third-order valence-corrected chi connectivity index (χ3v) is 4.21. The number of ether oxygens (including phenoxy) is 3. The Hall–Kier alpha value is -1.53. The molecular weight excluding hydrogens is 312 g/mol. The van der Waals surface area contributed by atoms with Gasteiger partial charge in [0.25, 0.3) is 0 Å². The highest BCUT2D eigenvalue weighted by atomic mass is 35.5. The lowest BCUT2D eigenvalue weighted by molar-refractivity contribution is 0.325. The second-order valence-corrected chi connectivity index (χ2v) is 5.62. The summed E-state index contributed by atoms with van der Waals surface area (Å²) in [5, 5.41) is 10.2. The number of halogens is 1. The molecule has 2 aromatic rings. The van der Waals surface area contributed by atoms with Gasteiger partial charge in [-0.1, -0.05) is 11.3 Å². The molecule has 114 valence electrons. The van der Waals surface area contributed by atoms with Crippen LogP contribution in [-0.4, -0.2) is 37.4 Å². The van der Waals surface area contributed by atoms with Crippen LogP contribution in [-0.2, 0) is 6.42 Å². The summed E-state index contributed by atoms with van der Waals surface area (Å²) in [6, 6.07) is 3.72. The molecule has 0 unspecified atom stereocenters. The van der Waals surface area contributed by atoms with E-state index in [0.29, 0.717) is 23.1 Å². The highest BCUT2D eigenvalue weighted by molar-refractivity contribution is 7.14. The Morgan fingerprint density at radius 1 is 1.05 bits per heavy atom. The Balaban J connectivity index is 2.41. The third kappa shape index (κ3) is 3.39. The number of benzene rings is 1. The molecule has 21 heavy (non-hydrogen) atoms. The van der Waals surface area contributed by atoms with Crippen molar-refractivity contribution in [2.24, 2.45) is 0 Å². The van der Waals surface area contributed by atoms with E-state index in [0.717, 1.165) is 28.4 Å². The van der Waals surface area contributed by atoms with E-state index in [2.05, 4.69) is 10.2 Å². The molecule has 2 rings (SSSR count). The van der Waals surface area contributed by atoms with E-state index < -0.39 is 0 Å². The smallest absolute Gasteiger partial charge is 0.204 e. The molecule has 0 bridgehead atoms. The van der Waals surface area contributed by atoms with Gasteiger partial charge >= 0.3 is 0 Å². The van der Waals surface area contributed by atoms with Crippen molar-refractivity contribution in [1.29, 1.82) is 0 Å². The highest BCUT2D eigenvalue weighted by Gasteiger charge is 2.19. The van der Waals surface area contributed by atoms with E-state index in [1.54, 1.807) is 21.3 Å². The number of nitrogens with zero attached hydrogens (tertiary/aromatic N) is 2. The van der Waals surface area contributed by atoms with Gasteiger partial charge in [0, 0.05) is 12.3 Å². The monoisotopic (exact) mass is 328 g/mol. The first kappa shape index (κ1) is 15.9. The lowest BCUT2D eigenvalue weighted by Crippen LogP contribution is -1.96. The zero-order valence-corrected chi connectivity index (χ0v) is 13.8. The summed E-state index contributed by atoms with van der Waals surface area (Å²) in [5.41, 5.74) is 0.838. The first-order valence-electron chi connectivity index (χ1n) is 6.42. The number of aryl methyl sites for hydroxylation is 1. The van der Waals surface area contributed by atoms with Crippen molar-refractivity contribution in [2.75, 3.05) is 27.2 Å². The van der Waals surface area contributed by atoms with Crippen LogP contribution in [0.1, 0.15) is 11.4 Å². The lowest BCUT2D eigenvalue weighted by atomic mass is 10.2. The molecule has 0 spiro atoms. The van der Waals surface area contributed by atoms with E-state index in [-0.39, 0.29) is 0 Å². The molecule has 7 heteroatoms. The molecule has 1 aromatic heterocycles. The summed E-state index contributed by atoms with van der Waals surface area (Å²) >= 11 is 7.23. The Labute approximate surface area is 132 Å². The first-order chi connectivity index (χ1) is 10.2. The minimum Gasteiger partial charge on any atom is -0.493 e. The highest BCUT2D eigenvalue weighted by Crippen LogP contribution is 2.44. The number of methoxy groups -OCH3 is 3. The SMILES string of the molecule is COc1ccc(-c2nnc(CCCCl)s2)c(OC)c1OC. The zero-order valence-electron chi connectivity index (χ0n) is 12.2. The van der Waals surface area contributed by atoms with Crippen LogP contribution in [0, 0.1) is 0 Å². The average Bonchev–Trinajstić information content (AvgIpc) is 2.99. The Morgan fingerprint density at radius 3 is 2.43 bits per heavy atom. The van der Waals surface area contributed by atoms with E-state index in [4.69, 9.17) is 25.8 Å². The molecule has 0 saturated carbocycles. The average molecular weight is 329 g/mol. The number of hydrogen-bond donors (Lipinski definition) is 0. The van der Waals surface area contributed by atoms with E-state index in [9.17, 15) is 0 Å². The van der Waals surface area contributed by atoms with Crippen LogP contribution in [0.4, 0.5) is 0 Å². The molecule has 0 aliphatic rings. The molecule has 0 saturated heterocycles. The van der Waals surface area contributed by atoms with Crippen LogP contribution >= 0.6 is 22.9 Å². The number of aromatic nitrogens is 2. The molecule has 5 nitrogen and oxygen atoms in total. The molecule has 0 amide bonds. The molecule has 1 aromatic carbocycles. The number of rotatable bonds is 7. The maximum absolute atomic E-state index is 5.70. The third-order valence-electron chi connectivity index (χ3n) is 2.93. The van der Waals surface area contributed by atoms with Gasteiger partial charge in [-0.2, -0.15) is 0 Å². The van der Waals surface area contributed by atoms with Crippen molar-refractivity contribution in [3.63, 3.8) is 0 Å². The molecule has 1 heterocycles. The predicted octanol–water partition coefficient (Wildman–Crippen LogP) is 3.40. The maximum Gasteiger partial charge on any atom is 0.204 e. The summed E-state index contributed by atoms with van der Waals surface area (Å²) in [6.07, 6.45) is 1.72. The lowest BCUT2D eigenvalue weighted by Gasteiger charge is -2.14. The van der Waals surface area contributed by atoms with E-state index >= 15 is 0 Å². The van der Waals surface area contributed by atoms with Crippen molar-refractivity contribution in [2.45, 2.75) is 12.8 Å². The van der Waals surface area contributed by atoms with Crippen LogP contribution in [0.3, 0.4) is 0 Å². The molecule has 0 aliphatic carbocycles. The largest absolute Gasteiger partial charge is 0.493 e. The molecule has 0 atom stereocenters. The quantitative estimate of drug-likeness (QED) is 0.729. The standard InChI is InChI=1S/C14H17ClN2O3S/c1-18-10-7-6-9(12(19-2)13(10)20-3)14-17-16-11(21-14)5-4-8-15/h6-7H,4-5,8H2,1-3H3. The molecule has 0 N–H and O–H groups in total. The Kier molecular flexibility index (Phi) is 5.64. The predicted molar refractivity (Wildman–Crippen MR) is 84.0 cm³/mol. The summed E-state index contributed by atoms with van der Waals surface area (Å²) < 4.78 is 16.1. The Bertz CT molecular complexity index is 604. The minimum atomic E-state index is 0.551. The van der Waals surface area contributed by atoms with E-state index in [1.165, 1.54) is 11.3 Å². The van der Waals surface area contributed by atoms with E-state index in [1.807, 2.05) is 12.1 Å². The summed E-state index contributed by atoms with van der Waals surface area (Å²) in [4.78, 5) is 0. The van der Waals surface area contributed by atoms with Crippen molar-refractivity contribution >= 4 is 22.9 Å². The second kappa shape index (κ2) is 7.47. The van der Waals surface area contributed by atoms with Gasteiger partial charge in [0.1, 0.15) is 5.01 Å². The van der Waals surface area contributed by atoms with Gasteiger partial charge < -0.3 is 14.2 Å². The van der Waals surface area contributed by atoms with Gasteiger partial charge in [0.05, 0.1) is 26.9 Å². The summed E-state index contributed by atoms with van der Waals surface area (Å²) in [6.45, 7) is 0. The molecule has 0 aliphatic heterocycles. The van der Waals surface area contributed by atoms with Crippen molar-refractivity contribution < 1.29 is 14.2 Å². The summed E-state index contributed by atoms with van der Waals surface area (Å²) in [5.74, 6) is 2.38. The fourth-order valence-corrected chi connectivity index (χ4v) is 2.99. The van der Waals surface area contributed by atoms with Crippen LogP contribution in [0.5, 0.6) is 17.2 Å². The van der Waals surface area contributed by atoms with Crippen molar-refractivity contribution in [3.8, 4) is 27.8 Å². The van der Waals surface area contributed by atoms with Gasteiger partial charge in [-0.25, -0.2) is 0 Å². The fourth-order valence-electron chi connectivity index (χ4n) is 1.95. The second-order valence-electron chi connectivity index (χ2n) is 4.18. The van der Waals surface area contributed by atoms with Crippen LogP contribution < -0.4 is 14.2 Å². The fraction of sp³-hybridized carbons (Fsp3) is 0.429. The van der Waals surface area contributed by atoms with Crippen molar-refractivity contribution in [1.82, 2.24) is 10.2 Å². The topological polar surface area (TPSA) is 53.5 Å². The molecule has 0 radical (unpaired) electrons. The van der Waals surface area contributed by atoms with Gasteiger partial charge in [-0.3, -0.25) is 0 Å². The van der Waals surface area contributed by atoms with Gasteiger partial charge in [-0.05, 0) is 18.6 Å². The Morgan fingerprint density at radius 2 is 1.81 bits per heavy atom. The van der Waals surface area contributed by atoms with Crippen LogP contribution in [0.15, 0.2) is 12.1 Å². The van der Waals surface area contributed by atoms with Crippen LogP contribution in [0.25, 0.3) is 10.6 Å². The zero-order chi connectivity index (χ0) is 15.2. The first-order valence-corrected chi connectivity index (χ1v) is 7.78. The minimum absolute atomic E-state index is 0.551. The van der Waals surface area contributed by atoms with Crippen molar-refractivity contribution in [3.05, 3.63) is 17.1 Å².